The maximum absolute atomic E-state index is 13.3. The Morgan fingerprint density at radius 3 is 2.62 bits per heavy atom. The normalized spacial score (nSPS) is 14.4. The van der Waals surface area contributed by atoms with Crippen LogP contribution in [0.5, 0.6) is 11.5 Å². The van der Waals surface area contributed by atoms with Gasteiger partial charge < -0.3 is 19.2 Å². The number of alkyl halides is 2. The topological polar surface area (TPSA) is 104 Å². The number of nitrogens with zero attached hydrogens (tertiary/aromatic N) is 4. The second-order valence-electron chi connectivity index (χ2n) is 6.61. The van der Waals surface area contributed by atoms with E-state index in [2.05, 4.69) is 30.3 Å². The highest BCUT2D eigenvalue weighted by atomic mass is 19.3. The van der Waals surface area contributed by atoms with Gasteiger partial charge in [0.05, 0.1) is 6.26 Å². The molecule has 3 heterocycles. The zero-order chi connectivity index (χ0) is 22.1. The van der Waals surface area contributed by atoms with E-state index in [9.17, 15) is 13.6 Å². The molecule has 160 valence electrons. The maximum Gasteiger partial charge on any atom is 0.586 e. The summed E-state index contributed by atoms with van der Waals surface area (Å²) in [4.78, 5) is 13.2. The van der Waals surface area contributed by atoms with Gasteiger partial charge in [-0.25, -0.2) is 0 Å². The standard InChI is InChI=1S/C21H13F2N5O4/c22-21(23)31-17-9-8-14(11-18(17)32-21)24-20(29)16(12-15-7-4-10-30-15)28-19(25-26-27-28)13-5-2-1-3-6-13/h1-12H,(H,24,29)/b16-12-. The van der Waals surface area contributed by atoms with Crippen LogP contribution >= 0.6 is 0 Å². The first-order chi connectivity index (χ1) is 15.5. The predicted molar refractivity (Wildman–Crippen MR) is 107 cm³/mol. The number of carbonyl (C=O) groups is 1. The van der Waals surface area contributed by atoms with Crippen molar-refractivity contribution in [1.29, 1.82) is 0 Å². The second-order valence-corrected chi connectivity index (χ2v) is 6.61. The van der Waals surface area contributed by atoms with E-state index in [1.54, 1.807) is 24.3 Å². The average Bonchev–Trinajstić information content (AvgIpc) is 3.51. The van der Waals surface area contributed by atoms with Gasteiger partial charge in [-0.15, -0.1) is 13.9 Å². The smallest absolute Gasteiger partial charge is 0.465 e. The number of ether oxygens (including phenoxy) is 2. The van der Waals surface area contributed by atoms with E-state index in [-0.39, 0.29) is 22.9 Å². The second kappa shape index (κ2) is 7.61. The number of hydrogen-bond acceptors (Lipinski definition) is 7. The minimum absolute atomic E-state index is 0.0341. The molecule has 9 nitrogen and oxygen atoms in total. The first-order valence-corrected chi connectivity index (χ1v) is 9.29. The monoisotopic (exact) mass is 437 g/mol. The molecule has 0 saturated heterocycles. The van der Waals surface area contributed by atoms with Crippen molar-refractivity contribution in [2.45, 2.75) is 6.29 Å². The molecule has 0 unspecified atom stereocenters. The Balaban J connectivity index is 1.50. The molecule has 11 heteroatoms. The number of benzene rings is 2. The molecule has 0 aliphatic carbocycles. The number of halogens is 2. The molecular weight excluding hydrogens is 424 g/mol. The number of aromatic nitrogens is 4. The van der Waals surface area contributed by atoms with Crippen LogP contribution in [0.4, 0.5) is 14.5 Å². The Morgan fingerprint density at radius 1 is 1.03 bits per heavy atom. The van der Waals surface area contributed by atoms with Crippen molar-refractivity contribution in [1.82, 2.24) is 20.2 Å². The van der Waals surface area contributed by atoms with Gasteiger partial charge in [0.1, 0.15) is 11.5 Å². The van der Waals surface area contributed by atoms with Gasteiger partial charge in [-0.3, -0.25) is 4.79 Å². The van der Waals surface area contributed by atoms with E-state index < -0.39 is 12.2 Å². The fourth-order valence-corrected chi connectivity index (χ4v) is 3.07. The van der Waals surface area contributed by atoms with Crippen LogP contribution in [-0.4, -0.2) is 32.4 Å². The molecule has 32 heavy (non-hydrogen) atoms. The summed E-state index contributed by atoms with van der Waals surface area (Å²) in [6, 6.07) is 16.3. The Labute approximate surface area is 178 Å². The Bertz CT molecular complexity index is 1300. The van der Waals surface area contributed by atoms with Crippen LogP contribution in [0.1, 0.15) is 5.76 Å². The first kappa shape index (κ1) is 19.4. The molecule has 0 radical (unpaired) electrons. The van der Waals surface area contributed by atoms with E-state index in [0.29, 0.717) is 17.1 Å². The lowest BCUT2D eigenvalue weighted by Gasteiger charge is -2.11. The lowest BCUT2D eigenvalue weighted by molar-refractivity contribution is -0.286. The molecule has 0 fully saturated rings. The third-order valence-electron chi connectivity index (χ3n) is 4.44. The van der Waals surface area contributed by atoms with Gasteiger partial charge in [0, 0.05) is 23.4 Å². The van der Waals surface area contributed by atoms with Gasteiger partial charge in [0.2, 0.25) is 0 Å². The zero-order valence-corrected chi connectivity index (χ0v) is 16.1. The lowest BCUT2D eigenvalue weighted by Crippen LogP contribution is -2.25. The number of fused-ring (bicyclic) bond motifs is 1. The summed E-state index contributed by atoms with van der Waals surface area (Å²) >= 11 is 0. The summed E-state index contributed by atoms with van der Waals surface area (Å²) in [5.74, 6) is -0.238. The maximum atomic E-state index is 13.3. The molecule has 4 aromatic rings. The predicted octanol–water partition coefficient (Wildman–Crippen LogP) is 3.89. The number of hydrogen-bond donors (Lipinski definition) is 1. The molecule has 0 bridgehead atoms. The minimum Gasteiger partial charge on any atom is -0.465 e. The van der Waals surface area contributed by atoms with Crippen molar-refractivity contribution in [3.63, 3.8) is 0 Å². The van der Waals surface area contributed by atoms with Crippen LogP contribution in [0, 0.1) is 0 Å². The number of amides is 1. The lowest BCUT2D eigenvalue weighted by atomic mass is 10.2. The number of anilines is 1. The highest BCUT2D eigenvalue weighted by Gasteiger charge is 2.43. The molecule has 1 aliphatic heterocycles. The molecule has 1 aliphatic rings. The van der Waals surface area contributed by atoms with Crippen LogP contribution in [0.2, 0.25) is 0 Å². The van der Waals surface area contributed by atoms with E-state index >= 15 is 0 Å². The number of furan rings is 1. The van der Waals surface area contributed by atoms with Gasteiger partial charge in [-0.2, -0.15) is 4.68 Å². The Hall–Kier alpha value is -4.54. The molecule has 2 aromatic carbocycles. The quantitative estimate of drug-likeness (QED) is 0.472. The van der Waals surface area contributed by atoms with Crippen LogP contribution in [0.15, 0.2) is 71.3 Å². The van der Waals surface area contributed by atoms with Gasteiger partial charge in [-0.05, 0) is 34.7 Å². The van der Waals surface area contributed by atoms with Crippen molar-refractivity contribution in [2.24, 2.45) is 0 Å². The molecule has 1 amide bonds. The highest BCUT2D eigenvalue weighted by Crippen LogP contribution is 2.42. The number of carbonyl (C=O) groups excluding carboxylic acids is 1. The number of rotatable bonds is 5. The minimum atomic E-state index is -3.76. The van der Waals surface area contributed by atoms with Gasteiger partial charge in [0.15, 0.2) is 17.3 Å². The van der Waals surface area contributed by atoms with Gasteiger partial charge >= 0.3 is 6.29 Å². The summed E-state index contributed by atoms with van der Waals surface area (Å²) in [6.07, 6.45) is -0.845. The molecule has 0 saturated carbocycles. The van der Waals surface area contributed by atoms with Crippen molar-refractivity contribution in [3.8, 4) is 22.9 Å². The highest BCUT2D eigenvalue weighted by molar-refractivity contribution is 6.24. The van der Waals surface area contributed by atoms with E-state index in [1.807, 2.05) is 18.2 Å². The number of tetrazole rings is 1. The number of nitrogens with one attached hydrogen (secondary N) is 1. The third-order valence-corrected chi connectivity index (χ3v) is 4.44. The van der Waals surface area contributed by atoms with Crippen molar-refractivity contribution in [2.75, 3.05) is 5.32 Å². The van der Waals surface area contributed by atoms with Gasteiger partial charge in [0.25, 0.3) is 5.91 Å². The van der Waals surface area contributed by atoms with Gasteiger partial charge in [-0.1, -0.05) is 30.3 Å². The molecular formula is C21H13F2N5O4. The Kier molecular flexibility index (Phi) is 4.62. The van der Waals surface area contributed by atoms with E-state index in [4.69, 9.17) is 4.42 Å². The summed E-state index contributed by atoms with van der Waals surface area (Å²) in [7, 11) is 0. The van der Waals surface area contributed by atoms with Crippen LogP contribution in [-0.2, 0) is 4.79 Å². The van der Waals surface area contributed by atoms with Crippen molar-refractivity contribution in [3.05, 3.63) is 72.7 Å². The average molecular weight is 437 g/mol. The largest absolute Gasteiger partial charge is 0.586 e. The van der Waals surface area contributed by atoms with E-state index in [1.165, 1.54) is 35.2 Å². The van der Waals surface area contributed by atoms with E-state index in [0.717, 1.165) is 0 Å². The van der Waals surface area contributed by atoms with Crippen LogP contribution < -0.4 is 14.8 Å². The summed E-state index contributed by atoms with van der Waals surface area (Å²) in [6.45, 7) is 0. The molecule has 0 atom stereocenters. The summed E-state index contributed by atoms with van der Waals surface area (Å²) in [5.41, 5.74) is 0.919. The first-order valence-electron chi connectivity index (χ1n) is 9.29. The molecule has 2 aromatic heterocycles. The Morgan fingerprint density at radius 2 is 1.84 bits per heavy atom. The molecule has 0 spiro atoms. The fraction of sp³-hybridized carbons (Fsp3) is 0.0476. The zero-order valence-electron chi connectivity index (χ0n) is 16.1. The SMILES string of the molecule is O=C(Nc1ccc2c(c1)OC(F)(F)O2)/C(=C/c1ccco1)n1nnnc1-c1ccccc1. The van der Waals surface area contributed by atoms with Crippen LogP contribution in [0.3, 0.4) is 0 Å². The molecule has 5 rings (SSSR count). The fourth-order valence-electron chi connectivity index (χ4n) is 3.07. The summed E-state index contributed by atoms with van der Waals surface area (Å²) < 4.78 is 42.0. The van der Waals surface area contributed by atoms with Crippen LogP contribution in [0.25, 0.3) is 23.2 Å². The van der Waals surface area contributed by atoms with Crippen molar-refractivity contribution >= 4 is 23.4 Å². The third kappa shape index (κ3) is 3.78. The summed E-state index contributed by atoms with van der Waals surface area (Å²) in [5, 5.41) is 14.3. The van der Waals surface area contributed by atoms with Crippen molar-refractivity contribution < 1.29 is 27.5 Å². The molecule has 1 N–H and O–H groups in total.